The molecular weight excluding hydrogens is 248 g/mol. The summed E-state index contributed by atoms with van der Waals surface area (Å²) in [7, 11) is 0. The number of rotatable bonds is 4. The van der Waals surface area contributed by atoms with Crippen molar-refractivity contribution >= 4 is 5.78 Å². The molecule has 0 bridgehead atoms. The Morgan fingerprint density at radius 2 is 2.00 bits per heavy atom. The highest BCUT2D eigenvalue weighted by molar-refractivity contribution is 5.77. The topological polar surface area (TPSA) is 42.9 Å². The molecule has 2 aromatic rings. The molecule has 20 heavy (non-hydrogen) atoms. The van der Waals surface area contributed by atoms with Crippen molar-refractivity contribution in [3.63, 3.8) is 0 Å². The molecule has 2 rings (SSSR count). The van der Waals surface area contributed by atoms with Crippen molar-refractivity contribution in [1.29, 1.82) is 0 Å². The SMILES string of the molecule is CC(=O)Cc1nccc(-c2cc(C(C)C)ccc2C)n1. The molecule has 0 fully saturated rings. The van der Waals surface area contributed by atoms with E-state index in [0.29, 0.717) is 11.7 Å². The molecule has 0 aliphatic heterocycles. The van der Waals surface area contributed by atoms with Crippen molar-refractivity contribution in [3.8, 4) is 11.3 Å². The first kappa shape index (κ1) is 14.4. The standard InChI is InChI=1S/C17H20N2O/c1-11(2)14-6-5-12(3)15(10-14)16-7-8-18-17(19-16)9-13(4)20/h5-8,10-11H,9H2,1-4H3. The van der Waals surface area contributed by atoms with Gasteiger partial charge in [-0.05, 0) is 43.0 Å². The first-order valence-electron chi connectivity index (χ1n) is 6.89. The summed E-state index contributed by atoms with van der Waals surface area (Å²) in [5, 5.41) is 0. The second-order valence-electron chi connectivity index (χ2n) is 5.47. The minimum Gasteiger partial charge on any atom is -0.300 e. The summed E-state index contributed by atoms with van der Waals surface area (Å²) >= 11 is 0. The van der Waals surface area contributed by atoms with Gasteiger partial charge >= 0.3 is 0 Å². The molecule has 1 aromatic heterocycles. The lowest BCUT2D eigenvalue weighted by molar-refractivity contribution is -0.116. The fourth-order valence-electron chi connectivity index (χ4n) is 2.13. The van der Waals surface area contributed by atoms with Crippen LogP contribution in [0.2, 0.25) is 0 Å². The monoisotopic (exact) mass is 268 g/mol. The molecule has 1 aromatic carbocycles. The Kier molecular flexibility index (Phi) is 4.28. The number of carbonyl (C=O) groups excluding carboxylic acids is 1. The number of carbonyl (C=O) groups is 1. The Hall–Kier alpha value is -2.03. The molecule has 0 radical (unpaired) electrons. The lowest BCUT2D eigenvalue weighted by Crippen LogP contribution is -2.03. The molecule has 3 heteroatoms. The van der Waals surface area contributed by atoms with E-state index in [1.165, 1.54) is 11.1 Å². The number of aryl methyl sites for hydroxylation is 1. The van der Waals surface area contributed by atoms with Crippen LogP contribution in [0.5, 0.6) is 0 Å². The maximum atomic E-state index is 11.2. The fourth-order valence-corrected chi connectivity index (χ4v) is 2.13. The Bertz CT molecular complexity index is 633. The first-order valence-corrected chi connectivity index (χ1v) is 6.89. The number of aromatic nitrogens is 2. The van der Waals surface area contributed by atoms with Gasteiger partial charge in [0.1, 0.15) is 11.6 Å². The molecule has 0 aliphatic rings. The lowest BCUT2D eigenvalue weighted by Gasteiger charge is -2.11. The van der Waals surface area contributed by atoms with Crippen LogP contribution in [0.3, 0.4) is 0 Å². The Balaban J connectivity index is 2.45. The van der Waals surface area contributed by atoms with Gasteiger partial charge in [0.25, 0.3) is 0 Å². The van der Waals surface area contributed by atoms with Crippen LogP contribution in [-0.4, -0.2) is 15.8 Å². The molecule has 104 valence electrons. The summed E-state index contributed by atoms with van der Waals surface area (Å²) < 4.78 is 0. The molecule has 0 atom stereocenters. The number of hydrogen-bond donors (Lipinski definition) is 0. The van der Waals surface area contributed by atoms with Crippen LogP contribution in [0.1, 0.15) is 43.6 Å². The third-order valence-electron chi connectivity index (χ3n) is 3.32. The largest absolute Gasteiger partial charge is 0.300 e. The summed E-state index contributed by atoms with van der Waals surface area (Å²) in [6.07, 6.45) is 2.01. The van der Waals surface area contributed by atoms with Crippen molar-refractivity contribution in [2.24, 2.45) is 0 Å². The molecule has 0 saturated carbocycles. The van der Waals surface area contributed by atoms with Gasteiger partial charge in [0, 0.05) is 11.8 Å². The van der Waals surface area contributed by atoms with Crippen LogP contribution < -0.4 is 0 Å². The molecule has 0 N–H and O–H groups in total. The van der Waals surface area contributed by atoms with Gasteiger partial charge in [-0.2, -0.15) is 0 Å². The minimum absolute atomic E-state index is 0.0785. The van der Waals surface area contributed by atoms with Crippen molar-refractivity contribution in [3.05, 3.63) is 47.4 Å². The van der Waals surface area contributed by atoms with E-state index < -0.39 is 0 Å². The summed E-state index contributed by atoms with van der Waals surface area (Å²) in [4.78, 5) is 19.9. The molecule has 3 nitrogen and oxygen atoms in total. The van der Waals surface area contributed by atoms with E-state index in [2.05, 4.69) is 48.9 Å². The molecule has 0 unspecified atom stereocenters. The van der Waals surface area contributed by atoms with Crippen molar-refractivity contribution in [1.82, 2.24) is 9.97 Å². The van der Waals surface area contributed by atoms with Gasteiger partial charge in [-0.25, -0.2) is 9.97 Å². The van der Waals surface area contributed by atoms with Gasteiger partial charge < -0.3 is 0 Å². The van der Waals surface area contributed by atoms with Crippen LogP contribution in [-0.2, 0) is 11.2 Å². The van der Waals surface area contributed by atoms with E-state index in [1.54, 1.807) is 13.1 Å². The maximum absolute atomic E-state index is 11.2. The molecule has 0 spiro atoms. The van der Waals surface area contributed by atoms with Gasteiger partial charge in [-0.15, -0.1) is 0 Å². The molecular formula is C17H20N2O. The van der Waals surface area contributed by atoms with E-state index >= 15 is 0 Å². The van der Waals surface area contributed by atoms with E-state index in [-0.39, 0.29) is 12.2 Å². The van der Waals surface area contributed by atoms with E-state index in [4.69, 9.17) is 0 Å². The Morgan fingerprint density at radius 3 is 2.65 bits per heavy atom. The van der Waals surface area contributed by atoms with Crippen LogP contribution >= 0.6 is 0 Å². The van der Waals surface area contributed by atoms with Gasteiger partial charge in [-0.3, -0.25) is 4.79 Å². The average molecular weight is 268 g/mol. The van der Waals surface area contributed by atoms with Gasteiger partial charge in [0.2, 0.25) is 0 Å². The first-order chi connectivity index (χ1) is 9.47. The Morgan fingerprint density at radius 1 is 1.25 bits per heavy atom. The number of nitrogens with zero attached hydrogens (tertiary/aromatic N) is 2. The molecule has 0 saturated heterocycles. The predicted molar refractivity (Wildman–Crippen MR) is 80.7 cm³/mol. The lowest BCUT2D eigenvalue weighted by atomic mass is 9.96. The molecule has 0 aliphatic carbocycles. The number of benzene rings is 1. The number of ketones is 1. The summed E-state index contributed by atoms with van der Waals surface area (Å²) in [5.74, 6) is 1.15. The summed E-state index contributed by atoms with van der Waals surface area (Å²) in [5.41, 5.74) is 4.47. The highest BCUT2D eigenvalue weighted by Crippen LogP contribution is 2.26. The highest BCUT2D eigenvalue weighted by atomic mass is 16.1. The average Bonchev–Trinajstić information content (AvgIpc) is 2.38. The fraction of sp³-hybridized carbons (Fsp3) is 0.353. The van der Waals surface area contributed by atoms with E-state index in [1.807, 2.05) is 6.07 Å². The highest BCUT2D eigenvalue weighted by Gasteiger charge is 2.09. The number of Topliss-reactive ketones (excluding diaryl/α,β-unsaturated/α-hetero) is 1. The van der Waals surface area contributed by atoms with Crippen LogP contribution in [0.25, 0.3) is 11.3 Å². The minimum atomic E-state index is 0.0785. The third kappa shape index (κ3) is 3.29. The zero-order chi connectivity index (χ0) is 14.7. The zero-order valence-corrected chi connectivity index (χ0v) is 12.5. The summed E-state index contributed by atoms with van der Waals surface area (Å²) in [6, 6.07) is 8.36. The van der Waals surface area contributed by atoms with Crippen molar-refractivity contribution in [2.45, 2.75) is 40.0 Å². The number of hydrogen-bond acceptors (Lipinski definition) is 3. The third-order valence-corrected chi connectivity index (χ3v) is 3.32. The smallest absolute Gasteiger partial charge is 0.137 e. The second-order valence-corrected chi connectivity index (χ2v) is 5.47. The zero-order valence-electron chi connectivity index (χ0n) is 12.5. The van der Waals surface area contributed by atoms with Gasteiger partial charge in [0.15, 0.2) is 0 Å². The van der Waals surface area contributed by atoms with Gasteiger partial charge in [0.05, 0.1) is 12.1 Å². The van der Waals surface area contributed by atoms with Crippen LogP contribution in [0.4, 0.5) is 0 Å². The molecule has 0 amide bonds. The van der Waals surface area contributed by atoms with Crippen LogP contribution in [0.15, 0.2) is 30.5 Å². The molecule has 1 heterocycles. The quantitative estimate of drug-likeness (QED) is 0.849. The van der Waals surface area contributed by atoms with Gasteiger partial charge in [-0.1, -0.05) is 26.0 Å². The van der Waals surface area contributed by atoms with Crippen molar-refractivity contribution < 1.29 is 4.79 Å². The summed E-state index contributed by atoms with van der Waals surface area (Å²) in [6.45, 7) is 7.98. The van der Waals surface area contributed by atoms with E-state index in [9.17, 15) is 4.79 Å². The van der Waals surface area contributed by atoms with Crippen molar-refractivity contribution in [2.75, 3.05) is 0 Å². The maximum Gasteiger partial charge on any atom is 0.137 e. The second kappa shape index (κ2) is 5.95. The Labute approximate surface area is 120 Å². The predicted octanol–water partition coefficient (Wildman–Crippen LogP) is 3.71. The normalized spacial score (nSPS) is 10.8. The van der Waals surface area contributed by atoms with E-state index in [0.717, 1.165) is 11.3 Å². The van der Waals surface area contributed by atoms with Crippen LogP contribution in [0, 0.1) is 6.92 Å².